The number of anilines is 2. The number of fused-ring (bicyclic) bond motifs is 2. The van der Waals surface area contributed by atoms with Gasteiger partial charge in [-0.2, -0.15) is 0 Å². The molecule has 0 atom stereocenters. The number of hydrogen-bond donors (Lipinski definition) is 5. The summed E-state index contributed by atoms with van der Waals surface area (Å²) in [6, 6.07) is 19.2. The number of aliphatic carboxylic acids is 1. The third-order valence-electron chi connectivity index (χ3n) is 6.11. The van der Waals surface area contributed by atoms with Crippen LogP contribution in [0.25, 0.3) is 44.3 Å². The van der Waals surface area contributed by atoms with Gasteiger partial charge in [-0.3, -0.25) is 4.79 Å². The Labute approximate surface area is 268 Å². The van der Waals surface area contributed by atoms with Crippen molar-refractivity contribution in [3.63, 3.8) is 0 Å². The molecule has 0 unspecified atom stereocenters. The Hall–Kier alpha value is -5.74. The van der Waals surface area contributed by atoms with Gasteiger partial charge in [-0.1, -0.05) is 59.3 Å². The van der Waals surface area contributed by atoms with E-state index in [1.807, 2.05) is 72.8 Å². The molecule has 0 fully saturated rings. The van der Waals surface area contributed by atoms with Crippen LogP contribution in [-0.4, -0.2) is 36.9 Å². The second-order valence-corrected chi connectivity index (χ2v) is 10.0. The van der Waals surface area contributed by atoms with E-state index >= 15 is 0 Å². The van der Waals surface area contributed by atoms with E-state index in [1.54, 1.807) is 25.5 Å². The molecule has 0 aliphatic rings. The van der Waals surface area contributed by atoms with Crippen molar-refractivity contribution in [3.8, 4) is 45.9 Å². The van der Waals surface area contributed by atoms with Crippen molar-refractivity contribution < 1.29 is 14.7 Å². The van der Waals surface area contributed by atoms with Gasteiger partial charge >= 0.3 is 5.97 Å². The van der Waals surface area contributed by atoms with Crippen LogP contribution in [0.1, 0.15) is 13.8 Å². The molecule has 0 saturated carbocycles. The smallest absolute Gasteiger partial charge is 0.381 e. The largest absolute Gasteiger partial charge is 0.472 e. The first kappa shape index (κ1) is 32.2. The highest BCUT2D eigenvalue weighted by atomic mass is 35.5. The molecule has 0 radical (unpaired) electrons. The first-order valence-electron chi connectivity index (χ1n) is 13.3. The predicted octanol–water partition coefficient (Wildman–Crippen LogP) is 7.40. The summed E-state index contributed by atoms with van der Waals surface area (Å²) in [6.45, 7) is 3.10. The van der Waals surface area contributed by atoms with Crippen molar-refractivity contribution in [2.45, 2.75) is 13.8 Å². The molecule has 9 nitrogen and oxygen atoms in total. The van der Waals surface area contributed by atoms with Crippen LogP contribution in [0.4, 0.5) is 11.4 Å². The molecular formula is C34H26Cl2N6O3. The Bertz CT molecular complexity index is 2130. The molecule has 4 heterocycles. The van der Waals surface area contributed by atoms with Gasteiger partial charge in [-0.15, -0.1) is 0 Å². The number of rotatable bonds is 3. The highest BCUT2D eigenvalue weighted by molar-refractivity contribution is 6.35. The molecule has 4 aromatic heterocycles. The van der Waals surface area contributed by atoms with Crippen LogP contribution in [0.15, 0.2) is 85.5 Å². The third kappa shape index (κ3) is 8.65. The van der Waals surface area contributed by atoms with Crippen molar-refractivity contribution in [1.82, 2.24) is 19.9 Å². The minimum atomic E-state index is -1.07. The number of carboxylic acid groups (broad SMARTS) is 1. The number of amides is 1. The summed E-state index contributed by atoms with van der Waals surface area (Å²) in [5.74, 6) is 7.70. The lowest BCUT2D eigenvalue weighted by atomic mass is 10.1. The number of nitrogen functional groups attached to an aromatic ring is 1. The Balaban J connectivity index is 0.000000178. The SMILES string of the molecule is CC#CC(=O)Nc1cccc(-c2cnc3[nH]cc(Cl)c3c2)c1.CC#CC(=O)O.Nc1cccc(-c2cnc3[nH]cc(Cl)c3c2)c1. The van der Waals surface area contributed by atoms with E-state index in [0.29, 0.717) is 15.7 Å². The number of nitrogens with one attached hydrogen (secondary N) is 3. The lowest BCUT2D eigenvalue weighted by Gasteiger charge is -2.06. The number of halogens is 2. The molecule has 6 aromatic rings. The summed E-state index contributed by atoms with van der Waals surface area (Å²) < 4.78 is 0. The van der Waals surface area contributed by atoms with Gasteiger partial charge in [-0.05, 0) is 67.3 Å². The summed E-state index contributed by atoms with van der Waals surface area (Å²) in [4.78, 5) is 35.6. The zero-order chi connectivity index (χ0) is 32.3. The molecule has 45 heavy (non-hydrogen) atoms. The fourth-order valence-electron chi connectivity index (χ4n) is 4.14. The highest BCUT2D eigenvalue weighted by Gasteiger charge is 2.07. The van der Waals surface area contributed by atoms with E-state index in [9.17, 15) is 9.59 Å². The first-order valence-corrected chi connectivity index (χ1v) is 14.0. The number of aromatic nitrogens is 4. The molecule has 0 bridgehead atoms. The van der Waals surface area contributed by atoms with Gasteiger partial charge in [0.15, 0.2) is 0 Å². The van der Waals surface area contributed by atoms with Gasteiger partial charge < -0.3 is 26.1 Å². The van der Waals surface area contributed by atoms with E-state index in [-0.39, 0.29) is 5.91 Å². The number of carboxylic acids is 1. The van der Waals surface area contributed by atoms with E-state index in [1.165, 1.54) is 6.92 Å². The summed E-state index contributed by atoms with van der Waals surface area (Å²) >= 11 is 12.2. The highest BCUT2D eigenvalue weighted by Crippen LogP contribution is 2.29. The molecule has 2 aromatic carbocycles. The average molecular weight is 638 g/mol. The zero-order valence-electron chi connectivity index (χ0n) is 24.1. The standard InChI is InChI=1S/C17H12ClN3O.C13H10ClN3.C4H4O2/c1-2-4-16(22)21-13-6-3-5-11(7-13)12-8-14-15(18)10-20-17(14)19-9-12;14-12-7-17-13-11(12)5-9(6-16-13)8-2-1-3-10(15)4-8;1-2-3-4(5)6/h3,5-10H,1H3,(H,19,20)(H,21,22);1-7H,15H2,(H,16,17);1H3,(H,5,6). The number of H-pyrrole nitrogens is 2. The minimum Gasteiger partial charge on any atom is -0.472 e. The molecule has 11 heteroatoms. The van der Waals surface area contributed by atoms with Gasteiger partial charge in [0, 0.05) is 64.0 Å². The minimum absolute atomic E-state index is 0.332. The Kier molecular flexibility index (Phi) is 10.8. The zero-order valence-corrected chi connectivity index (χ0v) is 25.6. The molecule has 6 rings (SSSR count). The lowest BCUT2D eigenvalue weighted by Crippen LogP contribution is -2.08. The van der Waals surface area contributed by atoms with E-state index < -0.39 is 5.97 Å². The predicted molar refractivity (Wildman–Crippen MR) is 181 cm³/mol. The summed E-state index contributed by atoms with van der Waals surface area (Å²) in [5.41, 5.74) is 12.6. The molecular weight excluding hydrogens is 611 g/mol. The van der Waals surface area contributed by atoms with E-state index in [0.717, 1.165) is 50.0 Å². The second-order valence-electron chi connectivity index (χ2n) is 9.23. The third-order valence-corrected chi connectivity index (χ3v) is 6.73. The fraction of sp³-hybridized carbons (Fsp3) is 0.0588. The van der Waals surface area contributed by atoms with Crippen LogP contribution in [0, 0.1) is 23.7 Å². The number of hydrogen-bond acceptors (Lipinski definition) is 5. The quantitative estimate of drug-likeness (QED) is 0.101. The van der Waals surface area contributed by atoms with Crippen LogP contribution in [0.2, 0.25) is 10.0 Å². The van der Waals surface area contributed by atoms with E-state index in [2.05, 4.69) is 43.0 Å². The van der Waals surface area contributed by atoms with Crippen molar-refractivity contribution in [2.24, 2.45) is 0 Å². The van der Waals surface area contributed by atoms with Gasteiger partial charge in [0.25, 0.3) is 5.91 Å². The van der Waals surface area contributed by atoms with Gasteiger partial charge in [0.2, 0.25) is 0 Å². The van der Waals surface area contributed by atoms with Crippen LogP contribution < -0.4 is 11.1 Å². The van der Waals surface area contributed by atoms with E-state index in [4.69, 9.17) is 34.0 Å². The Morgan fingerprint density at radius 1 is 0.778 bits per heavy atom. The number of carbonyl (C=O) groups excluding carboxylic acids is 1. The molecule has 0 aliphatic carbocycles. The Morgan fingerprint density at radius 3 is 1.80 bits per heavy atom. The Morgan fingerprint density at radius 2 is 1.31 bits per heavy atom. The summed E-state index contributed by atoms with van der Waals surface area (Å²) in [5, 5.41) is 13.6. The lowest BCUT2D eigenvalue weighted by molar-refractivity contribution is -0.130. The number of nitrogens with zero attached hydrogens (tertiary/aromatic N) is 2. The first-order chi connectivity index (χ1) is 21.7. The number of nitrogens with two attached hydrogens (primary N) is 1. The summed E-state index contributed by atoms with van der Waals surface area (Å²) in [7, 11) is 0. The molecule has 224 valence electrons. The maximum atomic E-state index is 11.5. The van der Waals surface area contributed by atoms with Crippen LogP contribution in [-0.2, 0) is 9.59 Å². The molecule has 6 N–H and O–H groups in total. The molecule has 0 aliphatic heterocycles. The van der Waals surface area contributed by atoms with Gasteiger partial charge in [0.1, 0.15) is 11.3 Å². The van der Waals surface area contributed by atoms with Crippen LogP contribution in [0.3, 0.4) is 0 Å². The molecule has 0 saturated heterocycles. The number of pyridine rings is 2. The number of aromatic amines is 2. The van der Waals surface area contributed by atoms with Crippen molar-refractivity contribution in [3.05, 3.63) is 95.5 Å². The number of carbonyl (C=O) groups is 2. The maximum absolute atomic E-state index is 11.5. The summed E-state index contributed by atoms with van der Waals surface area (Å²) in [6.07, 6.45) is 7.03. The molecule has 1 amide bonds. The number of benzene rings is 2. The molecule has 0 spiro atoms. The van der Waals surface area contributed by atoms with Crippen molar-refractivity contribution in [1.29, 1.82) is 0 Å². The van der Waals surface area contributed by atoms with Crippen molar-refractivity contribution in [2.75, 3.05) is 11.1 Å². The fourth-order valence-corrected chi connectivity index (χ4v) is 4.53. The normalized spacial score (nSPS) is 9.78. The van der Waals surface area contributed by atoms with Gasteiger partial charge in [-0.25, -0.2) is 14.8 Å². The maximum Gasteiger partial charge on any atom is 0.381 e. The monoisotopic (exact) mass is 636 g/mol. The van der Waals surface area contributed by atoms with Gasteiger partial charge in [0.05, 0.1) is 10.0 Å². The van der Waals surface area contributed by atoms with Crippen molar-refractivity contribution >= 4 is 68.5 Å². The van der Waals surface area contributed by atoms with Crippen LogP contribution in [0.5, 0.6) is 0 Å². The van der Waals surface area contributed by atoms with Crippen LogP contribution >= 0.6 is 23.2 Å². The topological polar surface area (TPSA) is 150 Å². The average Bonchev–Trinajstić information content (AvgIpc) is 3.59. The second kappa shape index (κ2) is 15.1.